The van der Waals surface area contributed by atoms with Crippen molar-refractivity contribution >= 4 is 49.6 Å². The number of nitrogens with zero attached hydrogens (tertiary/aromatic N) is 3. The molecule has 0 spiro atoms. The zero-order valence-electron chi connectivity index (χ0n) is 30.0. The number of hydrogen-bond acceptors (Lipinski definition) is 3. The van der Waals surface area contributed by atoms with E-state index in [1.807, 2.05) is 12.1 Å². The van der Waals surface area contributed by atoms with Gasteiger partial charge >= 0.3 is 0 Å². The van der Waals surface area contributed by atoms with Gasteiger partial charge in [-0.3, -0.25) is 0 Å². The number of benzene rings is 9. The third-order valence-corrected chi connectivity index (χ3v) is 10.4. The lowest BCUT2D eigenvalue weighted by molar-refractivity contribution is 1.30. The van der Waals surface area contributed by atoms with Gasteiger partial charge in [0.2, 0.25) is 0 Å². The first-order valence-corrected chi connectivity index (χ1v) is 18.7. The van der Waals surface area contributed by atoms with Crippen molar-refractivity contribution in [3.8, 4) is 44.8 Å². The van der Waals surface area contributed by atoms with Crippen LogP contribution in [0.2, 0.25) is 0 Å². The van der Waals surface area contributed by atoms with Crippen LogP contribution in [0.4, 0.5) is 17.1 Å². The third-order valence-electron chi connectivity index (χ3n) is 10.4. The molecule has 1 aromatic heterocycles. The first-order chi connectivity index (χ1) is 27.3. The summed E-state index contributed by atoms with van der Waals surface area (Å²) in [4.78, 5) is 13.0. The van der Waals surface area contributed by atoms with Crippen molar-refractivity contribution in [2.75, 3.05) is 4.90 Å². The summed E-state index contributed by atoms with van der Waals surface area (Å²) >= 11 is 0. The molecule has 1 heterocycles. The molecule has 3 heteroatoms. The fraction of sp³-hybridized carbons (Fsp3) is 0. The van der Waals surface area contributed by atoms with Crippen molar-refractivity contribution in [1.82, 2.24) is 9.97 Å². The van der Waals surface area contributed by atoms with Crippen LogP contribution in [0.3, 0.4) is 0 Å². The van der Waals surface area contributed by atoms with Crippen LogP contribution < -0.4 is 4.90 Å². The average molecular weight is 702 g/mol. The van der Waals surface area contributed by atoms with Crippen LogP contribution >= 0.6 is 0 Å². The Morgan fingerprint density at radius 2 is 0.836 bits per heavy atom. The lowest BCUT2D eigenvalue weighted by Gasteiger charge is -2.27. The van der Waals surface area contributed by atoms with Crippen molar-refractivity contribution in [1.29, 1.82) is 0 Å². The van der Waals surface area contributed by atoms with Crippen molar-refractivity contribution in [2.24, 2.45) is 0 Å². The van der Waals surface area contributed by atoms with E-state index in [1.54, 1.807) is 0 Å². The van der Waals surface area contributed by atoms with Crippen LogP contribution in [0.1, 0.15) is 0 Å². The smallest absolute Gasteiger partial charge is 0.0973 e. The summed E-state index contributed by atoms with van der Waals surface area (Å²) in [5.74, 6) is 0. The van der Waals surface area contributed by atoms with Gasteiger partial charge in [0.1, 0.15) is 0 Å². The highest BCUT2D eigenvalue weighted by Crippen LogP contribution is 2.43. The molecule has 0 fully saturated rings. The molecule has 0 saturated heterocycles. The van der Waals surface area contributed by atoms with Crippen LogP contribution in [-0.2, 0) is 0 Å². The van der Waals surface area contributed by atoms with Crippen LogP contribution in [-0.4, -0.2) is 9.97 Å². The molecule has 0 aliphatic heterocycles. The maximum Gasteiger partial charge on any atom is 0.0973 e. The van der Waals surface area contributed by atoms with Crippen molar-refractivity contribution in [3.05, 3.63) is 212 Å². The van der Waals surface area contributed by atoms with Crippen LogP contribution in [0.15, 0.2) is 212 Å². The van der Waals surface area contributed by atoms with E-state index < -0.39 is 0 Å². The van der Waals surface area contributed by atoms with E-state index in [9.17, 15) is 0 Å². The molecule has 0 radical (unpaired) electrons. The minimum Gasteiger partial charge on any atom is -0.310 e. The summed E-state index contributed by atoms with van der Waals surface area (Å²) in [6.07, 6.45) is 0. The monoisotopic (exact) mass is 701 g/mol. The highest BCUT2D eigenvalue weighted by atomic mass is 15.1. The molecule has 0 amide bonds. The largest absolute Gasteiger partial charge is 0.310 e. The molecule has 9 aromatic carbocycles. The molecule has 0 aliphatic rings. The summed E-state index contributed by atoms with van der Waals surface area (Å²) < 4.78 is 0. The normalized spacial score (nSPS) is 11.3. The lowest BCUT2D eigenvalue weighted by Crippen LogP contribution is -2.10. The standard InChI is InChI=1S/C52H35N3/c1-5-15-36(16-6-1)37-27-30-43(31-28-37)55(42-21-11-4-12-22-42)49-34-32-44(45-23-13-14-24-46(45)49)41-26-25-38-29-33-48-52(47(38)35-41)54-51(40-19-9-3-10-20-40)50(53-48)39-17-7-2-8-18-39/h1-35H. The second-order valence-electron chi connectivity index (χ2n) is 13.8. The third kappa shape index (κ3) is 5.98. The number of rotatable bonds is 7. The zero-order valence-corrected chi connectivity index (χ0v) is 30.0. The van der Waals surface area contributed by atoms with Gasteiger partial charge in [0.15, 0.2) is 0 Å². The molecule has 3 nitrogen and oxygen atoms in total. The van der Waals surface area contributed by atoms with E-state index >= 15 is 0 Å². The maximum absolute atomic E-state index is 5.41. The molecular weight excluding hydrogens is 667 g/mol. The maximum atomic E-state index is 5.41. The SMILES string of the molecule is c1ccc(-c2ccc(N(c3ccccc3)c3ccc(-c4ccc5ccc6nc(-c7ccccc7)c(-c7ccccc7)nc6c5c4)c4ccccc34)cc2)cc1. The van der Waals surface area contributed by atoms with Gasteiger partial charge < -0.3 is 4.90 Å². The topological polar surface area (TPSA) is 29.0 Å². The molecule has 10 aromatic rings. The van der Waals surface area contributed by atoms with Crippen LogP contribution in [0.5, 0.6) is 0 Å². The highest BCUT2D eigenvalue weighted by Gasteiger charge is 2.19. The molecule has 0 N–H and O–H groups in total. The number of hydrogen-bond donors (Lipinski definition) is 0. The molecule has 10 rings (SSSR count). The number of fused-ring (bicyclic) bond motifs is 4. The fourth-order valence-corrected chi connectivity index (χ4v) is 7.77. The zero-order chi connectivity index (χ0) is 36.6. The van der Waals surface area contributed by atoms with Crippen molar-refractivity contribution < 1.29 is 0 Å². The molecular formula is C52H35N3. The van der Waals surface area contributed by atoms with Gasteiger partial charge in [-0.1, -0.05) is 170 Å². The Labute approximate surface area is 320 Å². The highest BCUT2D eigenvalue weighted by molar-refractivity contribution is 6.10. The summed E-state index contributed by atoms with van der Waals surface area (Å²) in [7, 11) is 0. The van der Waals surface area contributed by atoms with Gasteiger partial charge in [-0.05, 0) is 75.5 Å². The molecule has 0 aliphatic carbocycles. The molecule has 0 saturated carbocycles. The first kappa shape index (κ1) is 32.3. The predicted octanol–water partition coefficient (Wildman–Crippen LogP) is 14.1. The fourth-order valence-electron chi connectivity index (χ4n) is 7.77. The van der Waals surface area contributed by atoms with E-state index in [2.05, 4.69) is 205 Å². The van der Waals surface area contributed by atoms with E-state index in [-0.39, 0.29) is 0 Å². The number of aromatic nitrogens is 2. The molecule has 0 atom stereocenters. The second-order valence-corrected chi connectivity index (χ2v) is 13.8. The van der Waals surface area contributed by atoms with Gasteiger partial charge in [0, 0.05) is 33.3 Å². The predicted molar refractivity (Wildman–Crippen MR) is 231 cm³/mol. The molecule has 0 bridgehead atoms. The van der Waals surface area contributed by atoms with Gasteiger partial charge in [-0.15, -0.1) is 0 Å². The van der Waals surface area contributed by atoms with Crippen molar-refractivity contribution in [2.45, 2.75) is 0 Å². The van der Waals surface area contributed by atoms with E-state index in [0.717, 1.165) is 66.9 Å². The Morgan fingerprint density at radius 1 is 0.327 bits per heavy atom. The molecule has 0 unspecified atom stereocenters. The Kier molecular flexibility index (Phi) is 8.16. The van der Waals surface area contributed by atoms with E-state index in [0.29, 0.717) is 0 Å². The Balaban J connectivity index is 1.13. The number of anilines is 3. The first-order valence-electron chi connectivity index (χ1n) is 18.7. The van der Waals surface area contributed by atoms with Crippen LogP contribution in [0.25, 0.3) is 77.3 Å². The molecule has 258 valence electrons. The minimum atomic E-state index is 0.875. The summed E-state index contributed by atoms with van der Waals surface area (Å²) in [5.41, 5.74) is 13.7. The Morgan fingerprint density at radius 3 is 1.51 bits per heavy atom. The second kappa shape index (κ2) is 13.9. The Hall–Kier alpha value is -7.36. The van der Waals surface area contributed by atoms with Gasteiger partial charge in [0.25, 0.3) is 0 Å². The average Bonchev–Trinajstić information content (AvgIpc) is 3.27. The minimum absolute atomic E-state index is 0.875. The van der Waals surface area contributed by atoms with Gasteiger partial charge in [0.05, 0.1) is 28.1 Å². The quantitative estimate of drug-likeness (QED) is 0.155. The van der Waals surface area contributed by atoms with Crippen molar-refractivity contribution in [3.63, 3.8) is 0 Å². The number of para-hydroxylation sites is 1. The summed E-state index contributed by atoms with van der Waals surface area (Å²) in [6.45, 7) is 0. The molecule has 55 heavy (non-hydrogen) atoms. The van der Waals surface area contributed by atoms with Crippen LogP contribution in [0, 0.1) is 0 Å². The van der Waals surface area contributed by atoms with E-state index in [1.165, 1.54) is 27.5 Å². The van der Waals surface area contributed by atoms with Gasteiger partial charge in [-0.2, -0.15) is 0 Å². The van der Waals surface area contributed by atoms with Gasteiger partial charge in [-0.25, -0.2) is 9.97 Å². The summed E-state index contributed by atoms with van der Waals surface area (Å²) in [6, 6.07) is 75.1. The Bertz CT molecular complexity index is 2940. The van der Waals surface area contributed by atoms with E-state index in [4.69, 9.17) is 9.97 Å². The lowest BCUT2D eigenvalue weighted by atomic mass is 9.94. The summed E-state index contributed by atoms with van der Waals surface area (Å²) in [5, 5.41) is 4.57.